The van der Waals surface area contributed by atoms with Gasteiger partial charge >= 0.3 is 6.03 Å². The fraction of sp³-hybridized carbons (Fsp3) is 0.846. The van der Waals surface area contributed by atoms with Crippen LogP contribution in [0.2, 0.25) is 0 Å². The zero-order valence-corrected chi connectivity index (χ0v) is 13.7. The zero-order valence-electron chi connectivity index (χ0n) is 12.9. The largest absolute Gasteiger partial charge is 0.334 e. The normalized spacial score (nSPS) is 22.0. The number of hydrogen-bond acceptors (Lipinski definition) is 5. The summed E-state index contributed by atoms with van der Waals surface area (Å²) in [5.41, 5.74) is 0. The van der Waals surface area contributed by atoms with E-state index in [4.69, 9.17) is 0 Å². The number of hydrogen-bond donors (Lipinski definition) is 2. The van der Waals surface area contributed by atoms with Crippen LogP contribution in [0.3, 0.4) is 0 Å². The van der Waals surface area contributed by atoms with E-state index in [2.05, 4.69) is 17.6 Å². The van der Waals surface area contributed by atoms with E-state index in [-0.39, 0.29) is 30.0 Å². The summed E-state index contributed by atoms with van der Waals surface area (Å²) in [7, 11) is -1.21. The first-order valence-corrected chi connectivity index (χ1v) is 9.06. The minimum Gasteiger partial charge on any atom is -0.334 e. The molecule has 1 aliphatic rings. The number of likely N-dealkylation sites (N-methyl/N-ethyl adjacent to an activating group) is 1. The Hall–Kier alpha value is -1.15. The molecule has 2 atom stereocenters. The summed E-state index contributed by atoms with van der Waals surface area (Å²) in [6.45, 7) is 4.24. The highest BCUT2D eigenvalue weighted by molar-refractivity contribution is 7.91. The van der Waals surface area contributed by atoms with E-state index in [1.165, 1.54) is 0 Å². The topological polar surface area (TPSA) is 95.6 Å². The molecule has 0 radical (unpaired) electrons. The molecule has 21 heavy (non-hydrogen) atoms. The minimum atomic E-state index is -3.04. The first kappa shape index (κ1) is 17.9. The van der Waals surface area contributed by atoms with Crippen LogP contribution in [-0.4, -0.2) is 62.4 Å². The molecule has 2 N–H and O–H groups in total. The van der Waals surface area contributed by atoms with Crippen LogP contribution < -0.4 is 10.6 Å². The molecule has 0 aliphatic carbocycles. The highest BCUT2D eigenvalue weighted by atomic mass is 32.2. The van der Waals surface area contributed by atoms with Crippen molar-refractivity contribution in [3.8, 4) is 0 Å². The van der Waals surface area contributed by atoms with Crippen LogP contribution >= 0.6 is 0 Å². The summed E-state index contributed by atoms with van der Waals surface area (Å²) >= 11 is 0. The van der Waals surface area contributed by atoms with Crippen molar-refractivity contribution in [1.82, 2.24) is 15.5 Å². The van der Waals surface area contributed by atoms with Gasteiger partial charge in [-0.2, -0.15) is 0 Å². The third kappa shape index (κ3) is 6.43. The Bertz CT molecular complexity index is 478. The predicted octanol–water partition coefficient (Wildman–Crippen LogP) is 0.120. The van der Waals surface area contributed by atoms with Gasteiger partial charge in [0, 0.05) is 12.1 Å². The maximum Gasteiger partial charge on any atom is 0.321 e. The summed E-state index contributed by atoms with van der Waals surface area (Å²) in [6.07, 6.45) is 2.41. The molecular formula is C13H25N3O4S. The highest BCUT2D eigenvalue weighted by Crippen LogP contribution is 2.10. The number of carbonyl (C=O) groups is 2. The molecule has 1 rings (SSSR count). The van der Waals surface area contributed by atoms with Crippen LogP contribution in [0.4, 0.5) is 4.79 Å². The van der Waals surface area contributed by atoms with Gasteiger partial charge in [-0.3, -0.25) is 15.0 Å². The Balaban J connectivity index is 2.32. The van der Waals surface area contributed by atoms with E-state index in [0.717, 1.165) is 12.8 Å². The summed E-state index contributed by atoms with van der Waals surface area (Å²) in [5, 5.41) is 4.76. The van der Waals surface area contributed by atoms with E-state index in [9.17, 15) is 18.0 Å². The van der Waals surface area contributed by atoms with Crippen LogP contribution in [-0.2, 0) is 14.6 Å². The molecule has 1 fully saturated rings. The number of nitrogens with one attached hydrogen (secondary N) is 2. The average Bonchev–Trinajstić information content (AvgIpc) is 2.68. The summed E-state index contributed by atoms with van der Waals surface area (Å²) in [6, 6.07) is -0.762. The van der Waals surface area contributed by atoms with E-state index in [1.807, 2.05) is 18.9 Å². The lowest BCUT2D eigenvalue weighted by Crippen LogP contribution is -2.48. The van der Waals surface area contributed by atoms with Gasteiger partial charge in [-0.1, -0.05) is 13.3 Å². The van der Waals surface area contributed by atoms with Gasteiger partial charge in [-0.25, -0.2) is 13.2 Å². The third-order valence-corrected chi connectivity index (χ3v) is 5.44. The SMILES string of the molecule is CCC[C@@H](C)N(C)CC(=O)NC(=O)N[C@H]1CCS(=O)(=O)C1. The van der Waals surface area contributed by atoms with Crippen molar-refractivity contribution in [2.24, 2.45) is 0 Å². The van der Waals surface area contributed by atoms with Crippen molar-refractivity contribution in [1.29, 1.82) is 0 Å². The van der Waals surface area contributed by atoms with Gasteiger partial charge in [-0.15, -0.1) is 0 Å². The number of rotatable bonds is 6. The molecule has 0 spiro atoms. The average molecular weight is 319 g/mol. The van der Waals surface area contributed by atoms with Crippen LogP contribution in [0.5, 0.6) is 0 Å². The maximum atomic E-state index is 11.7. The van der Waals surface area contributed by atoms with E-state index < -0.39 is 21.9 Å². The molecule has 0 aromatic rings. The zero-order chi connectivity index (χ0) is 16.0. The molecule has 0 aromatic carbocycles. The number of imide groups is 1. The van der Waals surface area contributed by atoms with Crippen molar-refractivity contribution in [2.45, 2.75) is 45.2 Å². The fourth-order valence-corrected chi connectivity index (χ4v) is 3.99. The Morgan fingerprint density at radius 1 is 1.38 bits per heavy atom. The van der Waals surface area contributed by atoms with E-state index in [0.29, 0.717) is 6.42 Å². The molecule has 122 valence electrons. The first-order valence-electron chi connectivity index (χ1n) is 7.24. The Kier molecular flexibility index (Phi) is 6.60. The van der Waals surface area contributed by atoms with Crippen LogP contribution in [0.25, 0.3) is 0 Å². The quantitative estimate of drug-likeness (QED) is 0.725. The molecular weight excluding hydrogens is 294 g/mol. The predicted molar refractivity (Wildman–Crippen MR) is 80.7 cm³/mol. The van der Waals surface area contributed by atoms with Crippen molar-refractivity contribution >= 4 is 21.8 Å². The lowest BCUT2D eigenvalue weighted by molar-refractivity contribution is -0.121. The first-order chi connectivity index (χ1) is 9.73. The second-order valence-electron chi connectivity index (χ2n) is 5.67. The Labute approximate surface area is 126 Å². The van der Waals surface area contributed by atoms with Gasteiger partial charge in [0.1, 0.15) is 0 Å². The maximum absolute atomic E-state index is 11.7. The molecule has 8 heteroatoms. The van der Waals surface area contributed by atoms with Crippen LogP contribution in [0, 0.1) is 0 Å². The van der Waals surface area contributed by atoms with Crippen molar-refractivity contribution in [3.63, 3.8) is 0 Å². The minimum absolute atomic E-state index is 0.0535. The van der Waals surface area contributed by atoms with Gasteiger partial charge in [0.05, 0.1) is 18.1 Å². The van der Waals surface area contributed by atoms with Gasteiger partial charge < -0.3 is 5.32 Å². The van der Waals surface area contributed by atoms with Gasteiger partial charge in [0.15, 0.2) is 9.84 Å². The second-order valence-corrected chi connectivity index (χ2v) is 7.90. The number of amides is 3. The molecule has 1 heterocycles. The smallest absolute Gasteiger partial charge is 0.321 e. The number of urea groups is 1. The highest BCUT2D eigenvalue weighted by Gasteiger charge is 2.29. The Morgan fingerprint density at radius 3 is 2.57 bits per heavy atom. The fourth-order valence-electron chi connectivity index (χ4n) is 2.32. The third-order valence-electron chi connectivity index (χ3n) is 3.67. The summed E-state index contributed by atoms with van der Waals surface area (Å²) < 4.78 is 22.6. The van der Waals surface area contributed by atoms with Gasteiger partial charge in [-0.05, 0) is 26.8 Å². The van der Waals surface area contributed by atoms with Crippen molar-refractivity contribution in [2.75, 3.05) is 25.1 Å². The molecule has 0 aromatic heterocycles. The van der Waals surface area contributed by atoms with Crippen molar-refractivity contribution in [3.05, 3.63) is 0 Å². The second kappa shape index (κ2) is 7.74. The Morgan fingerprint density at radius 2 is 2.05 bits per heavy atom. The molecule has 1 saturated heterocycles. The molecule has 1 aliphatic heterocycles. The molecule has 0 saturated carbocycles. The number of nitrogens with zero attached hydrogens (tertiary/aromatic N) is 1. The van der Waals surface area contributed by atoms with Crippen molar-refractivity contribution < 1.29 is 18.0 Å². The van der Waals surface area contributed by atoms with E-state index >= 15 is 0 Å². The lowest BCUT2D eigenvalue weighted by atomic mass is 10.2. The van der Waals surface area contributed by atoms with Gasteiger partial charge in [0.25, 0.3) is 0 Å². The standard InChI is InChI=1S/C13H25N3O4S/c1-4-5-10(2)16(3)8-12(17)15-13(18)14-11-6-7-21(19,20)9-11/h10-11H,4-9H2,1-3H3,(H2,14,15,17,18)/t10-,11+/m1/s1. The molecule has 3 amide bonds. The van der Waals surface area contributed by atoms with Gasteiger partial charge in [0.2, 0.25) is 5.91 Å². The van der Waals surface area contributed by atoms with Crippen LogP contribution in [0.1, 0.15) is 33.1 Å². The summed E-state index contributed by atoms with van der Waals surface area (Å²) in [4.78, 5) is 25.3. The number of sulfone groups is 1. The van der Waals surface area contributed by atoms with Crippen LogP contribution in [0.15, 0.2) is 0 Å². The molecule has 0 unspecified atom stereocenters. The molecule has 7 nitrogen and oxygen atoms in total. The monoisotopic (exact) mass is 319 g/mol. The van der Waals surface area contributed by atoms with E-state index in [1.54, 1.807) is 0 Å². The number of carbonyl (C=O) groups excluding carboxylic acids is 2. The summed E-state index contributed by atoms with van der Waals surface area (Å²) in [5.74, 6) is -0.357. The molecule has 0 bridgehead atoms. The lowest BCUT2D eigenvalue weighted by Gasteiger charge is -2.23.